The van der Waals surface area contributed by atoms with Gasteiger partial charge in [0.15, 0.2) is 0 Å². The van der Waals surface area contributed by atoms with Gasteiger partial charge in [-0.1, -0.05) is 13.8 Å². The van der Waals surface area contributed by atoms with Crippen LogP contribution < -0.4 is 0 Å². The van der Waals surface area contributed by atoms with Crippen LogP contribution in [0.3, 0.4) is 0 Å². The summed E-state index contributed by atoms with van der Waals surface area (Å²) >= 11 is 5.08. The van der Waals surface area contributed by atoms with Crippen molar-refractivity contribution in [3.8, 4) is 0 Å². The summed E-state index contributed by atoms with van der Waals surface area (Å²) in [5, 5.41) is 0.722. The Kier molecular flexibility index (Phi) is 1.65. The number of rotatable bonds is 0. The van der Waals surface area contributed by atoms with Gasteiger partial charge < -0.3 is 0 Å². The molecule has 17 heavy (non-hydrogen) atoms. The molecule has 1 heteroatoms. The van der Waals surface area contributed by atoms with E-state index in [9.17, 15) is 0 Å². The fourth-order valence-corrected chi connectivity index (χ4v) is 7.88. The maximum atomic E-state index is 5.08. The zero-order chi connectivity index (χ0) is 11.5. The van der Waals surface area contributed by atoms with Gasteiger partial charge in [0.25, 0.3) is 0 Å². The molecular formula is C16H24S. The average molecular weight is 248 g/mol. The molecule has 94 valence electrons. The Labute approximate surface area is 110 Å². The Hall–Kier alpha value is 0.350. The average Bonchev–Trinajstić information content (AvgIpc) is 2.82. The van der Waals surface area contributed by atoms with Crippen molar-refractivity contribution in [2.24, 2.45) is 52.8 Å². The molecule has 0 radical (unpaired) electrons. The summed E-state index contributed by atoms with van der Waals surface area (Å²) in [5.41, 5.74) is 0.887. The molecule has 0 heterocycles. The van der Waals surface area contributed by atoms with Gasteiger partial charge in [-0.3, -0.25) is 0 Å². The predicted molar refractivity (Wildman–Crippen MR) is 72.9 cm³/mol. The van der Waals surface area contributed by atoms with E-state index >= 15 is 0 Å². The molecule has 5 bridgehead atoms. The van der Waals surface area contributed by atoms with Crippen LogP contribution >= 0.6 is 12.6 Å². The van der Waals surface area contributed by atoms with Crippen LogP contribution in [0.15, 0.2) is 0 Å². The quantitative estimate of drug-likeness (QED) is 0.618. The van der Waals surface area contributed by atoms with Crippen LogP contribution in [0, 0.1) is 52.8 Å². The molecule has 0 nitrogen and oxygen atoms in total. The maximum absolute atomic E-state index is 5.08. The van der Waals surface area contributed by atoms with E-state index in [1.807, 2.05) is 0 Å². The lowest BCUT2D eigenvalue weighted by molar-refractivity contribution is -0.104. The standard InChI is InChI=1S/C16H24S/c1-7-5-9-3-4-16-6-10(16)12-11(9)14(16)13(12)15(17)8(7)2/h7-15,17H,3-6H2,1-2H3/t7-,8?,9?,10?,11?,12?,13?,14?,15+,16+/m0/s1. The largest absolute Gasteiger partial charge is 0.175 e. The van der Waals surface area contributed by atoms with E-state index < -0.39 is 0 Å². The molecule has 0 aromatic rings. The molecule has 0 aliphatic heterocycles. The molecule has 0 aromatic carbocycles. The second kappa shape index (κ2) is 2.76. The molecule has 6 saturated carbocycles. The van der Waals surface area contributed by atoms with Crippen molar-refractivity contribution < 1.29 is 0 Å². The highest BCUT2D eigenvalue weighted by molar-refractivity contribution is 7.81. The summed E-state index contributed by atoms with van der Waals surface area (Å²) in [6.07, 6.45) is 6.31. The van der Waals surface area contributed by atoms with Gasteiger partial charge in [-0.05, 0) is 78.4 Å². The van der Waals surface area contributed by atoms with E-state index in [1.165, 1.54) is 12.3 Å². The molecule has 0 amide bonds. The highest BCUT2D eigenvalue weighted by atomic mass is 32.1. The minimum absolute atomic E-state index is 0.722. The van der Waals surface area contributed by atoms with Crippen LogP contribution in [-0.2, 0) is 0 Å². The first kappa shape index (κ1) is 10.2. The summed E-state index contributed by atoms with van der Waals surface area (Å²) in [6.45, 7) is 4.98. The van der Waals surface area contributed by atoms with E-state index in [1.54, 1.807) is 19.3 Å². The lowest BCUT2D eigenvalue weighted by Crippen LogP contribution is -2.57. The van der Waals surface area contributed by atoms with Crippen LogP contribution in [0.25, 0.3) is 0 Å². The van der Waals surface area contributed by atoms with E-state index in [0.29, 0.717) is 0 Å². The lowest BCUT2D eigenvalue weighted by atomic mass is 9.46. The normalized spacial score (nSPS) is 74.6. The maximum Gasteiger partial charge on any atom is 0.00790 e. The first-order chi connectivity index (χ1) is 8.15. The van der Waals surface area contributed by atoms with Gasteiger partial charge >= 0.3 is 0 Å². The van der Waals surface area contributed by atoms with Crippen molar-refractivity contribution in [3.05, 3.63) is 0 Å². The summed E-state index contributed by atoms with van der Waals surface area (Å²) in [5.74, 6) is 8.50. The monoisotopic (exact) mass is 248 g/mol. The molecule has 6 fully saturated rings. The Morgan fingerprint density at radius 3 is 2.76 bits per heavy atom. The first-order valence-electron chi connectivity index (χ1n) is 7.83. The van der Waals surface area contributed by atoms with Gasteiger partial charge in [-0.2, -0.15) is 12.6 Å². The van der Waals surface area contributed by atoms with Gasteiger partial charge in [-0.25, -0.2) is 0 Å². The SMILES string of the molecule is CC1[C@@H](S)C2C3C4C(CC[C@]5(CC35)C42)C[C@@H]1C. The molecule has 10 atom stereocenters. The predicted octanol–water partition coefficient (Wildman–Crippen LogP) is 3.87. The van der Waals surface area contributed by atoms with Crippen molar-refractivity contribution in [1.82, 2.24) is 0 Å². The van der Waals surface area contributed by atoms with Crippen molar-refractivity contribution in [3.63, 3.8) is 0 Å². The Balaban J connectivity index is 1.60. The summed E-state index contributed by atoms with van der Waals surface area (Å²) < 4.78 is 0. The topological polar surface area (TPSA) is 0 Å². The van der Waals surface area contributed by atoms with Gasteiger partial charge in [0.05, 0.1) is 0 Å². The number of hydrogen-bond acceptors (Lipinski definition) is 1. The third kappa shape index (κ3) is 0.895. The van der Waals surface area contributed by atoms with E-state index in [2.05, 4.69) is 13.8 Å². The van der Waals surface area contributed by atoms with E-state index in [-0.39, 0.29) is 0 Å². The highest BCUT2D eigenvalue weighted by Gasteiger charge is 2.83. The van der Waals surface area contributed by atoms with Crippen molar-refractivity contribution in [2.45, 2.75) is 44.8 Å². The molecular weight excluding hydrogens is 224 g/mol. The van der Waals surface area contributed by atoms with Crippen LogP contribution in [0.5, 0.6) is 0 Å². The van der Waals surface area contributed by atoms with Crippen LogP contribution in [0.4, 0.5) is 0 Å². The number of hydrogen-bond donors (Lipinski definition) is 1. The minimum Gasteiger partial charge on any atom is -0.175 e. The Morgan fingerprint density at radius 1 is 1.12 bits per heavy atom. The zero-order valence-electron chi connectivity index (χ0n) is 11.0. The van der Waals surface area contributed by atoms with E-state index in [0.717, 1.165) is 52.1 Å². The molecule has 0 aromatic heterocycles. The minimum atomic E-state index is 0.722. The molecule has 6 aliphatic rings. The second-order valence-corrected chi connectivity index (χ2v) is 8.76. The highest BCUT2D eigenvalue weighted by Crippen LogP contribution is 2.88. The molecule has 6 aliphatic carbocycles. The van der Waals surface area contributed by atoms with Crippen LogP contribution in [0.1, 0.15) is 39.5 Å². The first-order valence-corrected chi connectivity index (χ1v) is 8.35. The van der Waals surface area contributed by atoms with Crippen LogP contribution in [-0.4, -0.2) is 5.25 Å². The molecule has 0 N–H and O–H groups in total. The summed E-state index contributed by atoms with van der Waals surface area (Å²) in [6, 6.07) is 0. The van der Waals surface area contributed by atoms with Gasteiger partial charge in [0.1, 0.15) is 0 Å². The summed E-state index contributed by atoms with van der Waals surface area (Å²) in [4.78, 5) is 0. The molecule has 6 rings (SSSR count). The summed E-state index contributed by atoms with van der Waals surface area (Å²) in [7, 11) is 0. The van der Waals surface area contributed by atoms with Crippen molar-refractivity contribution in [2.75, 3.05) is 0 Å². The zero-order valence-corrected chi connectivity index (χ0v) is 11.9. The Bertz CT molecular complexity index is 391. The van der Waals surface area contributed by atoms with Gasteiger partial charge in [-0.15, -0.1) is 0 Å². The van der Waals surface area contributed by atoms with Crippen molar-refractivity contribution >= 4 is 12.6 Å². The van der Waals surface area contributed by atoms with Gasteiger partial charge in [0, 0.05) is 5.25 Å². The third-order valence-electron chi connectivity index (χ3n) is 8.06. The van der Waals surface area contributed by atoms with E-state index in [4.69, 9.17) is 12.6 Å². The Morgan fingerprint density at radius 2 is 1.94 bits per heavy atom. The van der Waals surface area contributed by atoms with Gasteiger partial charge in [0.2, 0.25) is 0 Å². The fraction of sp³-hybridized carbons (Fsp3) is 1.00. The third-order valence-corrected chi connectivity index (χ3v) is 8.87. The molecule has 0 saturated heterocycles. The molecule has 1 spiro atoms. The van der Waals surface area contributed by atoms with Crippen LogP contribution in [0.2, 0.25) is 0 Å². The number of thiol groups is 1. The second-order valence-electron chi connectivity index (χ2n) is 8.16. The smallest absolute Gasteiger partial charge is 0.00790 e. The lowest BCUT2D eigenvalue weighted by Gasteiger charge is -2.61. The van der Waals surface area contributed by atoms with Crippen molar-refractivity contribution in [1.29, 1.82) is 0 Å². The molecule has 7 unspecified atom stereocenters. The fourth-order valence-electron chi connectivity index (χ4n) is 7.21.